The Labute approximate surface area is 259 Å². The predicted octanol–water partition coefficient (Wildman–Crippen LogP) is 4.25. The van der Waals surface area contributed by atoms with Crippen LogP contribution in [0.4, 0.5) is 11.4 Å². The van der Waals surface area contributed by atoms with Gasteiger partial charge in [-0.25, -0.2) is 0 Å². The largest absolute Gasteiger partial charge is 0.482 e. The zero-order valence-corrected chi connectivity index (χ0v) is 26.6. The molecule has 3 aliphatic heterocycles. The smallest absolute Gasteiger partial charge is 0.265 e. The molecule has 44 heavy (non-hydrogen) atoms. The molecule has 0 radical (unpaired) electrons. The average molecular weight is 608 g/mol. The van der Waals surface area contributed by atoms with Crippen LogP contribution in [0.1, 0.15) is 63.6 Å². The minimum absolute atomic E-state index is 0.00897. The number of amides is 4. The summed E-state index contributed by atoms with van der Waals surface area (Å²) in [6.45, 7) is 14.5. The predicted molar refractivity (Wildman–Crippen MR) is 170 cm³/mol. The van der Waals surface area contributed by atoms with Gasteiger partial charge in [0.1, 0.15) is 5.75 Å². The monoisotopic (exact) mass is 607 g/mol. The Hall–Kier alpha value is -4.41. The number of amidine groups is 1. The number of aryl methyl sites for hydroxylation is 2. The van der Waals surface area contributed by atoms with Crippen molar-refractivity contribution in [3.8, 4) is 5.75 Å². The Morgan fingerprint density at radius 2 is 1.77 bits per heavy atom. The first-order chi connectivity index (χ1) is 21.1. The summed E-state index contributed by atoms with van der Waals surface area (Å²) in [6, 6.07) is 11.2. The molecule has 2 aromatic carbocycles. The first kappa shape index (κ1) is 34.1. The summed E-state index contributed by atoms with van der Waals surface area (Å²) in [6.07, 6.45) is 2.58. The number of hydrogen-bond acceptors (Lipinski definition) is 7. The summed E-state index contributed by atoms with van der Waals surface area (Å²) < 4.78 is 5.42. The number of oxime groups is 1. The van der Waals surface area contributed by atoms with Crippen LogP contribution in [-0.4, -0.2) is 72.9 Å². The number of nitrogens with one attached hydrogen (secondary N) is 1. The Balaban J connectivity index is 0.000000262. The zero-order chi connectivity index (χ0) is 32.4. The Bertz CT molecular complexity index is 1370. The molecule has 1 atom stereocenters. The molecule has 0 bridgehead atoms. The molecule has 2 N–H and O–H groups in total. The lowest BCUT2D eigenvalue weighted by Gasteiger charge is -2.29. The summed E-state index contributed by atoms with van der Waals surface area (Å²) in [7, 11) is 0. The van der Waals surface area contributed by atoms with Gasteiger partial charge < -0.3 is 30.0 Å². The number of anilines is 2. The summed E-state index contributed by atoms with van der Waals surface area (Å²) in [5.41, 5.74) is 4.61. The zero-order valence-electron chi connectivity index (χ0n) is 26.6. The molecule has 2 saturated heterocycles. The fourth-order valence-electron chi connectivity index (χ4n) is 5.37. The molecule has 2 aromatic rings. The summed E-state index contributed by atoms with van der Waals surface area (Å²) >= 11 is 0. The molecule has 0 aromatic heterocycles. The summed E-state index contributed by atoms with van der Waals surface area (Å²) in [5, 5.41) is 15.3. The number of likely N-dealkylation sites (tertiary alicyclic amines) is 1. The molecule has 4 amide bonds. The number of carbonyl (C=O) groups excluding carboxylic acids is 4. The molecule has 2 fully saturated rings. The minimum Gasteiger partial charge on any atom is -0.482 e. The molecule has 3 heterocycles. The van der Waals surface area contributed by atoms with Crippen molar-refractivity contribution in [2.75, 3.05) is 42.6 Å². The van der Waals surface area contributed by atoms with Crippen LogP contribution in [0.25, 0.3) is 0 Å². The van der Waals surface area contributed by atoms with Gasteiger partial charge in [0.05, 0.1) is 5.69 Å². The topological polar surface area (TPSA) is 132 Å². The molecule has 11 nitrogen and oxygen atoms in total. The number of rotatable bonds is 5. The van der Waals surface area contributed by atoms with E-state index in [2.05, 4.69) is 43.4 Å². The van der Waals surface area contributed by atoms with Crippen LogP contribution < -0.4 is 19.9 Å². The lowest BCUT2D eigenvalue weighted by Crippen LogP contribution is -2.42. The quantitative estimate of drug-likeness (QED) is 0.172. The standard InChI is InChI=1S/C18H22N4O5.C13H17NO.C2H6/c1-2-22-14-9-13(3-4-15(14)27-10-16(22)24)17(20-26)19-18(25)12-5-7-21(11-23)8-6-12;1-9-6-13(15)14(8-9)12-5-4-10(2)11(3)7-12;1-2/h3-4,9,11-12,26H,2,5-8,10H2,1H3,(H,19,20,25);4-5,7,9H,6,8H2,1-3H3;1-2H3. The van der Waals surface area contributed by atoms with Crippen LogP contribution in [0.5, 0.6) is 5.75 Å². The molecule has 238 valence electrons. The fraction of sp³-hybridized carbons (Fsp3) is 0.485. The van der Waals surface area contributed by atoms with Crippen molar-refractivity contribution in [3.05, 3.63) is 53.1 Å². The molecular weight excluding hydrogens is 562 g/mol. The van der Waals surface area contributed by atoms with E-state index in [1.165, 1.54) is 11.1 Å². The highest BCUT2D eigenvalue weighted by Crippen LogP contribution is 2.33. The molecule has 5 rings (SSSR count). The number of carbonyl (C=O) groups is 4. The average Bonchev–Trinajstić information content (AvgIpc) is 3.39. The third kappa shape index (κ3) is 8.15. The number of ether oxygens (including phenoxy) is 1. The highest BCUT2D eigenvalue weighted by atomic mass is 16.5. The SMILES string of the molecule is CC.CCN1C(=O)COc2ccc(/C(=N\O)NC(=O)C3CCN(C=O)CC3)cc21.Cc1ccc(N2CC(C)CC2=O)cc1C. The van der Waals surface area contributed by atoms with Crippen molar-refractivity contribution in [2.24, 2.45) is 17.0 Å². The maximum atomic E-state index is 12.5. The van der Waals surface area contributed by atoms with E-state index in [0.717, 1.165) is 18.6 Å². The van der Waals surface area contributed by atoms with Crippen molar-refractivity contribution in [1.82, 2.24) is 10.2 Å². The Kier molecular flexibility index (Phi) is 12.3. The van der Waals surface area contributed by atoms with Crippen LogP contribution in [0, 0.1) is 25.7 Å². The second kappa shape index (κ2) is 15.9. The van der Waals surface area contributed by atoms with E-state index in [0.29, 0.717) is 61.8 Å². The van der Waals surface area contributed by atoms with Gasteiger partial charge in [-0.05, 0) is 81.0 Å². The lowest BCUT2D eigenvalue weighted by atomic mass is 9.96. The number of piperidine rings is 1. The maximum Gasteiger partial charge on any atom is 0.265 e. The molecule has 0 spiro atoms. The highest BCUT2D eigenvalue weighted by molar-refractivity contribution is 6.09. The van der Waals surface area contributed by atoms with Crippen LogP contribution in [0.3, 0.4) is 0 Å². The van der Waals surface area contributed by atoms with E-state index >= 15 is 0 Å². The van der Waals surface area contributed by atoms with Gasteiger partial charge in [0.15, 0.2) is 12.4 Å². The molecular formula is C33H45N5O6. The van der Waals surface area contributed by atoms with E-state index in [-0.39, 0.29) is 36.1 Å². The van der Waals surface area contributed by atoms with Crippen molar-refractivity contribution in [1.29, 1.82) is 0 Å². The third-order valence-corrected chi connectivity index (χ3v) is 8.00. The van der Waals surface area contributed by atoms with Crippen LogP contribution in [0.15, 0.2) is 41.6 Å². The summed E-state index contributed by atoms with van der Waals surface area (Å²) in [4.78, 5) is 52.1. The number of benzene rings is 2. The van der Waals surface area contributed by atoms with Gasteiger partial charge in [-0.15, -0.1) is 0 Å². The normalized spacial score (nSPS) is 18.4. The van der Waals surface area contributed by atoms with Gasteiger partial charge in [-0.3, -0.25) is 19.2 Å². The van der Waals surface area contributed by atoms with Crippen LogP contribution >= 0.6 is 0 Å². The van der Waals surface area contributed by atoms with E-state index in [9.17, 15) is 24.4 Å². The van der Waals surface area contributed by atoms with E-state index in [1.54, 1.807) is 28.0 Å². The number of nitrogens with zero attached hydrogens (tertiary/aromatic N) is 4. The Morgan fingerprint density at radius 3 is 2.34 bits per heavy atom. The van der Waals surface area contributed by atoms with E-state index < -0.39 is 0 Å². The highest BCUT2D eigenvalue weighted by Gasteiger charge is 2.29. The molecule has 3 aliphatic rings. The molecule has 1 unspecified atom stereocenters. The second-order valence-electron chi connectivity index (χ2n) is 11.0. The number of likely N-dealkylation sites (N-methyl/N-ethyl adjacent to an activating group) is 1. The van der Waals surface area contributed by atoms with Crippen molar-refractivity contribution in [3.63, 3.8) is 0 Å². The van der Waals surface area contributed by atoms with Gasteiger partial charge in [-0.2, -0.15) is 0 Å². The van der Waals surface area contributed by atoms with Crippen molar-refractivity contribution in [2.45, 2.75) is 60.8 Å². The Morgan fingerprint density at radius 1 is 1.07 bits per heavy atom. The van der Waals surface area contributed by atoms with Gasteiger partial charge in [0.25, 0.3) is 5.91 Å². The molecule has 0 saturated carbocycles. The fourth-order valence-corrected chi connectivity index (χ4v) is 5.37. The van der Waals surface area contributed by atoms with Gasteiger partial charge >= 0.3 is 0 Å². The lowest BCUT2D eigenvalue weighted by molar-refractivity contribution is -0.127. The minimum atomic E-state index is -0.259. The van der Waals surface area contributed by atoms with E-state index in [1.807, 2.05) is 31.7 Å². The maximum absolute atomic E-state index is 12.5. The van der Waals surface area contributed by atoms with Gasteiger partial charge in [0, 0.05) is 49.8 Å². The summed E-state index contributed by atoms with van der Waals surface area (Å²) in [5.74, 6) is 0.638. The first-order valence-electron chi connectivity index (χ1n) is 15.3. The number of fused-ring (bicyclic) bond motifs is 1. The second-order valence-corrected chi connectivity index (χ2v) is 11.0. The molecule has 0 aliphatic carbocycles. The van der Waals surface area contributed by atoms with E-state index in [4.69, 9.17) is 4.74 Å². The van der Waals surface area contributed by atoms with Gasteiger partial charge in [-0.1, -0.05) is 32.0 Å². The number of hydrogen-bond donors (Lipinski definition) is 2. The van der Waals surface area contributed by atoms with Crippen molar-refractivity contribution < 1.29 is 29.1 Å². The first-order valence-corrected chi connectivity index (χ1v) is 15.3. The third-order valence-electron chi connectivity index (χ3n) is 8.00. The molecule has 11 heteroatoms. The van der Waals surface area contributed by atoms with Crippen molar-refractivity contribution >= 4 is 41.3 Å². The van der Waals surface area contributed by atoms with Crippen LogP contribution in [-0.2, 0) is 19.2 Å². The van der Waals surface area contributed by atoms with Crippen LogP contribution in [0.2, 0.25) is 0 Å². The van der Waals surface area contributed by atoms with Gasteiger partial charge in [0.2, 0.25) is 18.2 Å².